The third kappa shape index (κ3) is 1.22. The van der Waals surface area contributed by atoms with Crippen LogP contribution < -0.4 is 5.73 Å². The highest BCUT2D eigenvalue weighted by molar-refractivity contribution is 7.15. The summed E-state index contributed by atoms with van der Waals surface area (Å²) in [5, 5.41) is 2.06. The first kappa shape index (κ1) is 9.35. The molecule has 5 heteroatoms. The Morgan fingerprint density at radius 3 is 2.81 bits per heavy atom. The summed E-state index contributed by atoms with van der Waals surface area (Å²) in [5.74, 6) is 0.711. The van der Waals surface area contributed by atoms with Crippen LogP contribution in [0.5, 0.6) is 0 Å². The number of thiazole rings is 1. The molecular formula is C11H10N4S. The van der Waals surface area contributed by atoms with Crippen LogP contribution in [0.15, 0.2) is 29.9 Å². The highest BCUT2D eigenvalue weighted by Gasteiger charge is 2.12. The van der Waals surface area contributed by atoms with Crippen molar-refractivity contribution in [3.8, 4) is 11.3 Å². The zero-order valence-corrected chi connectivity index (χ0v) is 9.53. The highest BCUT2D eigenvalue weighted by Crippen LogP contribution is 2.29. The van der Waals surface area contributed by atoms with Crippen molar-refractivity contribution in [2.24, 2.45) is 0 Å². The maximum atomic E-state index is 6.01. The fourth-order valence-electron chi connectivity index (χ4n) is 1.71. The molecule has 0 bridgehead atoms. The minimum Gasteiger partial charge on any atom is -0.383 e. The molecule has 3 heterocycles. The van der Waals surface area contributed by atoms with Crippen molar-refractivity contribution in [3.63, 3.8) is 0 Å². The predicted octanol–water partition coefficient (Wildman–Crippen LogP) is 2.35. The Bertz CT molecular complexity index is 639. The van der Waals surface area contributed by atoms with Gasteiger partial charge in [-0.15, -0.1) is 11.3 Å². The molecule has 0 aliphatic rings. The lowest BCUT2D eigenvalue weighted by Gasteiger charge is -2.00. The molecule has 0 unspecified atom stereocenters. The molecule has 16 heavy (non-hydrogen) atoms. The Hall–Kier alpha value is -1.88. The van der Waals surface area contributed by atoms with Crippen LogP contribution in [-0.4, -0.2) is 14.4 Å². The third-order valence-electron chi connectivity index (χ3n) is 2.56. The molecule has 0 saturated heterocycles. The predicted molar refractivity (Wildman–Crippen MR) is 65.4 cm³/mol. The number of aryl methyl sites for hydroxylation is 1. The average molecular weight is 230 g/mol. The van der Waals surface area contributed by atoms with Gasteiger partial charge < -0.3 is 5.73 Å². The van der Waals surface area contributed by atoms with Gasteiger partial charge >= 0.3 is 0 Å². The molecule has 0 aromatic carbocycles. The van der Waals surface area contributed by atoms with E-state index < -0.39 is 0 Å². The van der Waals surface area contributed by atoms with Crippen LogP contribution in [-0.2, 0) is 0 Å². The number of nitrogens with zero attached hydrogens (tertiary/aromatic N) is 3. The van der Waals surface area contributed by atoms with Gasteiger partial charge in [0.25, 0.3) is 0 Å². The molecule has 0 aliphatic heterocycles. The molecule has 0 aliphatic carbocycles. The van der Waals surface area contributed by atoms with Crippen molar-refractivity contribution in [3.05, 3.63) is 35.6 Å². The van der Waals surface area contributed by atoms with Crippen molar-refractivity contribution >= 4 is 22.1 Å². The number of anilines is 1. The summed E-state index contributed by atoms with van der Waals surface area (Å²) < 4.78 is 1.98. The maximum Gasteiger partial charge on any atom is 0.196 e. The first-order valence-electron chi connectivity index (χ1n) is 4.90. The maximum absolute atomic E-state index is 6.01. The Kier molecular flexibility index (Phi) is 1.94. The Labute approximate surface area is 96.4 Å². The van der Waals surface area contributed by atoms with E-state index in [4.69, 9.17) is 5.73 Å². The number of nitrogens with two attached hydrogens (primary N) is 1. The number of imidazole rings is 1. The van der Waals surface area contributed by atoms with Crippen LogP contribution in [0.4, 0.5) is 5.82 Å². The molecule has 0 fully saturated rings. The summed E-state index contributed by atoms with van der Waals surface area (Å²) in [4.78, 5) is 9.34. The van der Waals surface area contributed by atoms with Gasteiger partial charge in [-0.2, -0.15) is 0 Å². The summed E-state index contributed by atoms with van der Waals surface area (Å²) in [6, 6.07) is 3.94. The van der Waals surface area contributed by atoms with Crippen LogP contribution in [0.3, 0.4) is 0 Å². The number of hydrogen-bond acceptors (Lipinski definition) is 4. The van der Waals surface area contributed by atoms with Crippen LogP contribution in [0.2, 0.25) is 0 Å². The largest absolute Gasteiger partial charge is 0.383 e. The first-order valence-corrected chi connectivity index (χ1v) is 5.78. The summed E-state index contributed by atoms with van der Waals surface area (Å²) in [6.45, 7) is 1.92. The smallest absolute Gasteiger partial charge is 0.196 e. The van der Waals surface area contributed by atoms with Crippen molar-refractivity contribution < 1.29 is 0 Å². The molecular weight excluding hydrogens is 220 g/mol. The van der Waals surface area contributed by atoms with E-state index in [-0.39, 0.29) is 0 Å². The SMILES string of the molecule is Cc1nc2scc(-c3ccncc3)n2c1N. The summed E-state index contributed by atoms with van der Waals surface area (Å²) in [7, 11) is 0. The third-order valence-corrected chi connectivity index (χ3v) is 3.38. The van der Waals surface area contributed by atoms with E-state index in [1.165, 1.54) is 0 Å². The minimum atomic E-state index is 0.711. The van der Waals surface area contributed by atoms with Crippen LogP contribution >= 0.6 is 11.3 Å². The first-order chi connectivity index (χ1) is 7.77. The zero-order valence-electron chi connectivity index (χ0n) is 8.71. The molecule has 0 spiro atoms. The number of aromatic nitrogens is 3. The fourth-order valence-corrected chi connectivity index (χ4v) is 2.66. The monoisotopic (exact) mass is 230 g/mol. The summed E-state index contributed by atoms with van der Waals surface area (Å²) >= 11 is 1.60. The second-order valence-corrected chi connectivity index (χ2v) is 4.39. The van der Waals surface area contributed by atoms with Gasteiger partial charge in [-0.25, -0.2) is 4.98 Å². The molecule has 3 rings (SSSR count). The summed E-state index contributed by atoms with van der Waals surface area (Å²) in [6.07, 6.45) is 3.55. The topological polar surface area (TPSA) is 56.2 Å². The van der Waals surface area contributed by atoms with Gasteiger partial charge in [0.2, 0.25) is 0 Å². The highest BCUT2D eigenvalue weighted by atomic mass is 32.1. The van der Waals surface area contributed by atoms with E-state index in [0.29, 0.717) is 5.82 Å². The molecule has 80 valence electrons. The van der Waals surface area contributed by atoms with Gasteiger partial charge in [0, 0.05) is 23.3 Å². The second kappa shape index (κ2) is 3.31. The second-order valence-electron chi connectivity index (χ2n) is 3.56. The number of fused-ring (bicyclic) bond motifs is 1. The van der Waals surface area contributed by atoms with Gasteiger partial charge in [0.1, 0.15) is 5.82 Å². The van der Waals surface area contributed by atoms with Gasteiger partial charge in [-0.3, -0.25) is 9.38 Å². The minimum absolute atomic E-state index is 0.711. The van der Waals surface area contributed by atoms with Crippen LogP contribution in [0.25, 0.3) is 16.2 Å². The lowest BCUT2D eigenvalue weighted by Crippen LogP contribution is -1.94. The number of nitrogen functional groups attached to an aromatic ring is 1. The van der Waals surface area contributed by atoms with Crippen molar-refractivity contribution in [2.45, 2.75) is 6.92 Å². The van der Waals surface area contributed by atoms with Crippen LogP contribution in [0, 0.1) is 6.92 Å². The van der Waals surface area contributed by atoms with Crippen molar-refractivity contribution in [2.75, 3.05) is 5.73 Å². The molecule has 3 aromatic rings. The zero-order chi connectivity index (χ0) is 11.1. The van der Waals surface area contributed by atoms with Crippen LogP contribution in [0.1, 0.15) is 5.69 Å². The molecule has 4 nitrogen and oxygen atoms in total. The van der Waals surface area contributed by atoms with Crippen molar-refractivity contribution in [1.29, 1.82) is 0 Å². The molecule has 0 radical (unpaired) electrons. The average Bonchev–Trinajstić information content (AvgIpc) is 2.83. The molecule has 0 amide bonds. The number of hydrogen-bond donors (Lipinski definition) is 1. The number of pyridine rings is 1. The standard InChI is InChI=1S/C11H10N4S/c1-7-10(12)15-9(6-16-11(15)14-7)8-2-4-13-5-3-8/h2-6H,12H2,1H3. The van der Waals surface area contributed by atoms with Gasteiger partial charge in [0.15, 0.2) is 4.96 Å². The van der Waals surface area contributed by atoms with E-state index in [9.17, 15) is 0 Å². The quantitative estimate of drug-likeness (QED) is 0.698. The van der Waals surface area contributed by atoms with Gasteiger partial charge in [-0.1, -0.05) is 0 Å². The molecule has 3 aromatic heterocycles. The van der Waals surface area contributed by atoms with Gasteiger partial charge in [-0.05, 0) is 19.1 Å². The van der Waals surface area contributed by atoms with E-state index in [0.717, 1.165) is 21.9 Å². The van der Waals surface area contributed by atoms with E-state index in [1.54, 1.807) is 23.7 Å². The lowest BCUT2D eigenvalue weighted by molar-refractivity contribution is 1.23. The van der Waals surface area contributed by atoms with Gasteiger partial charge in [0.05, 0.1) is 11.4 Å². The summed E-state index contributed by atoms with van der Waals surface area (Å²) in [5.41, 5.74) is 9.06. The van der Waals surface area contributed by atoms with E-state index >= 15 is 0 Å². The number of rotatable bonds is 1. The lowest BCUT2D eigenvalue weighted by atomic mass is 10.2. The fraction of sp³-hybridized carbons (Fsp3) is 0.0909. The normalized spacial score (nSPS) is 11.1. The Morgan fingerprint density at radius 1 is 1.31 bits per heavy atom. The van der Waals surface area contributed by atoms with E-state index in [1.807, 2.05) is 23.5 Å². The molecule has 0 atom stereocenters. The Balaban J connectivity index is 2.32. The molecule has 2 N–H and O–H groups in total. The Morgan fingerprint density at radius 2 is 2.06 bits per heavy atom. The van der Waals surface area contributed by atoms with E-state index in [2.05, 4.69) is 15.3 Å². The molecule has 0 saturated carbocycles. The van der Waals surface area contributed by atoms with Crippen molar-refractivity contribution in [1.82, 2.24) is 14.4 Å².